The van der Waals surface area contributed by atoms with Crippen LogP contribution in [0.2, 0.25) is 0 Å². The van der Waals surface area contributed by atoms with Crippen LogP contribution in [0.5, 0.6) is 0 Å². The molecule has 1 aliphatic heterocycles. The maximum atomic E-state index is 3.78. The number of hydrogen-bond donors (Lipinski definition) is 1. The van der Waals surface area contributed by atoms with Gasteiger partial charge in [-0.3, -0.25) is 4.90 Å². The van der Waals surface area contributed by atoms with E-state index in [1.54, 1.807) is 0 Å². The molecule has 2 rings (SSSR count). The van der Waals surface area contributed by atoms with E-state index in [1.165, 1.54) is 63.9 Å². The summed E-state index contributed by atoms with van der Waals surface area (Å²) in [6.45, 7) is 6.16. The standard InChI is InChI=1S/C15H30N2S/c1-13(8-11-18-2)17-10-9-16-15(12-17)14-6-4-3-5-7-14/h13-16H,3-12H2,1-2H3. The SMILES string of the molecule is CSCCC(C)N1CCNC(C2CCCCC2)C1. The Hall–Kier alpha value is 0.270. The van der Waals surface area contributed by atoms with Gasteiger partial charge >= 0.3 is 0 Å². The first-order valence-corrected chi connectivity index (χ1v) is 9.17. The minimum atomic E-state index is 0.769. The number of nitrogens with one attached hydrogen (secondary N) is 1. The van der Waals surface area contributed by atoms with Crippen LogP contribution in [-0.2, 0) is 0 Å². The Morgan fingerprint density at radius 1 is 1.28 bits per heavy atom. The van der Waals surface area contributed by atoms with Gasteiger partial charge in [-0.05, 0) is 44.1 Å². The van der Waals surface area contributed by atoms with Crippen molar-refractivity contribution in [3.63, 3.8) is 0 Å². The smallest absolute Gasteiger partial charge is 0.0223 e. The van der Waals surface area contributed by atoms with Crippen LogP contribution in [0.1, 0.15) is 45.4 Å². The zero-order chi connectivity index (χ0) is 12.8. The molecule has 0 radical (unpaired) electrons. The van der Waals surface area contributed by atoms with Crippen molar-refractivity contribution >= 4 is 11.8 Å². The van der Waals surface area contributed by atoms with Gasteiger partial charge in [-0.15, -0.1) is 0 Å². The van der Waals surface area contributed by atoms with Gasteiger partial charge in [0.1, 0.15) is 0 Å². The van der Waals surface area contributed by atoms with Crippen molar-refractivity contribution in [3.8, 4) is 0 Å². The zero-order valence-electron chi connectivity index (χ0n) is 12.2. The van der Waals surface area contributed by atoms with E-state index in [0.29, 0.717) is 0 Å². The van der Waals surface area contributed by atoms with Crippen LogP contribution in [-0.4, -0.2) is 48.6 Å². The fourth-order valence-electron chi connectivity index (χ4n) is 3.53. The summed E-state index contributed by atoms with van der Waals surface area (Å²) in [5, 5.41) is 3.78. The molecular weight excluding hydrogens is 240 g/mol. The topological polar surface area (TPSA) is 15.3 Å². The molecule has 2 atom stereocenters. The van der Waals surface area contributed by atoms with Crippen molar-refractivity contribution in [3.05, 3.63) is 0 Å². The molecule has 2 nitrogen and oxygen atoms in total. The predicted octanol–water partition coefficient (Wildman–Crippen LogP) is 2.98. The number of hydrogen-bond acceptors (Lipinski definition) is 3. The maximum Gasteiger partial charge on any atom is 0.0223 e. The van der Waals surface area contributed by atoms with Crippen LogP contribution >= 0.6 is 11.8 Å². The third kappa shape index (κ3) is 4.14. The van der Waals surface area contributed by atoms with Crippen molar-refractivity contribution < 1.29 is 0 Å². The third-order valence-electron chi connectivity index (χ3n) is 4.82. The van der Waals surface area contributed by atoms with E-state index in [0.717, 1.165) is 18.0 Å². The van der Waals surface area contributed by atoms with Gasteiger partial charge in [-0.2, -0.15) is 11.8 Å². The van der Waals surface area contributed by atoms with Gasteiger partial charge in [-0.25, -0.2) is 0 Å². The van der Waals surface area contributed by atoms with Crippen molar-refractivity contribution in [2.45, 2.75) is 57.5 Å². The lowest BCUT2D eigenvalue weighted by atomic mass is 9.83. The Balaban J connectivity index is 1.79. The molecule has 0 aromatic rings. The second-order valence-electron chi connectivity index (χ2n) is 6.08. The first-order chi connectivity index (χ1) is 8.81. The normalized spacial score (nSPS) is 29.3. The van der Waals surface area contributed by atoms with Crippen LogP contribution in [0.15, 0.2) is 0 Å². The summed E-state index contributed by atoms with van der Waals surface area (Å²) >= 11 is 1.98. The van der Waals surface area contributed by atoms with Crippen LogP contribution < -0.4 is 5.32 Å². The monoisotopic (exact) mass is 270 g/mol. The number of piperazine rings is 1. The van der Waals surface area contributed by atoms with Gasteiger partial charge < -0.3 is 5.32 Å². The van der Waals surface area contributed by atoms with Crippen LogP contribution in [0.3, 0.4) is 0 Å². The van der Waals surface area contributed by atoms with E-state index in [-0.39, 0.29) is 0 Å². The average molecular weight is 270 g/mol. The van der Waals surface area contributed by atoms with Gasteiger partial charge in [-0.1, -0.05) is 19.3 Å². The lowest BCUT2D eigenvalue weighted by Gasteiger charge is -2.41. The van der Waals surface area contributed by atoms with E-state index in [1.807, 2.05) is 11.8 Å². The van der Waals surface area contributed by atoms with E-state index < -0.39 is 0 Å². The van der Waals surface area contributed by atoms with Crippen molar-refractivity contribution in [2.24, 2.45) is 5.92 Å². The van der Waals surface area contributed by atoms with Crippen molar-refractivity contribution in [1.82, 2.24) is 10.2 Å². The highest BCUT2D eigenvalue weighted by Crippen LogP contribution is 2.28. The third-order valence-corrected chi connectivity index (χ3v) is 5.46. The molecule has 0 bridgehead atoms. The molecule has 106 valence electrons. The molecule has 1 saturated carbocycles. The highest BCUT2D eigenvalue weighted by atomic mass is 32.2. The fraction of sp³-hybridized carbons (Fsp3) is 1.00. The van der Waals surface area contributed by atoms with Crippen molar-refractivity contribution in [2.75, 3.05) is 31.6 Å². The predicted molar refractivity (Wildman–Crippen MR) is 82.4 cm³/mol. The molecule has 0 aromatic carbocycles. The fourth-order valence-corrected chi connectivity index (χ4v) is 4.10. The second kappa shape index (κ2) is 7.76. The molecule has 1 N–H and O–H groups in total. The maximum absolute atomic E-state index is 3.78. The number of nitrogens with zero attached hydrogens (tertiary/aromatic N) is 1. The largest absolute Gasteiger partial charge is 0.311 e. The van der Waals surface area contributed by atoms with Crippen LogP contribution in [0, 0.1) is 5.92 Å². The summed E-state index contributed by atoms with van der Waals surface area (Å²) in [6, 6.07) is 1.54. The van der Waals surface area contributed by atoms with Gasteiger partial charge in [0.05, 0.1) is 0 Å². The molecule has 0 spiro atoms. The molecule has 0 aromatic heterocycles. The molecule has 2 unspecified atom stereocenters. The summed E-state index contributed by atoms with van der Waals surface area (Å²) in [4.78, 5) is 2.73. The van der Waals surface area contributed by atoms with Gasteiger partial charge in [0.2, 0.25) is 0 Å². The van der Waals surface area contributed by atoms with E-state index >= 15 is 0 Å². The highest BCUT2D eigenvalue weighted by Gasteiger charge is 2.29. The lowest BCUT2D eigenvalue weighted by molar-refractivity contribution is 0.113. The Bertz CT molecular complexity index is 229. The van der Waals surface area contributed by atoms with Crippen LogP contribution in [0.25, 0.3) is 0 Å². The van der Waals surface area contributed by atoms with Gasteiger partial charge in [0.15, 0.2) is 0 Å². The molecule has 3 heteroatoms. The quantitative estimate of drug-likeness (QED) is 0.827. The Morgan fingerprint density at radius 2 is 2.06 bits per heavy atom. The number of thioether (sulfide) groups is 1. The molecule has 1 aliphatic carbocycles. The number of rotatable bonds is 5. The minimum absolute atomic E-state index is 0.769. The molecule has 1 saturated heterocycles. The summed E-state index contributed by atoms with van der Waals surface area (Å²) in [7, 11) is 0. The molecule has 2 fully saturated rings. The van der Waals surface area contributed by atoms with E-state index in [4.69, 9.17) is 0 Å². The molecular formula is C15H30N2S. The summed E-state index contributed by atoms with van der Waals surface area (Å²) in [5.41, 5.74) is 0. The highest BCUT2D eigenvalue weighted by molar-refractivity contribution is 7.98. The van der Waals surface area contributed by atoms with Crippen molar-refractivity contribution in [1.29, 1.82) is 0 Å². The first-order valence-electron chi connectivity index (χ1n) is 7.77. The van der Waals surface area contributed by atoms with Crippen LogP contribution in [0.4, 0.5) is 0 Å². The Morgan fingerprint density at radius 3 is 2.78 bits per heavy atom. The van der Waals surface area contributed by atoms with E-state index in [9.17, 15) is 0 Å². The summed E-state index contributed by atoms with van der Waals surface area (Å²) in [6.07, 6.45) is 10.9. The molecule has 18 heavy (non-hydrogen) atoms. The first kappa shape index (κ1) is 14.7. The summed E-state index contributed by atoms with van der Waals surface area (Å²) < 4.78 is 0. The Kier molecular flexibility index (Phi) is 6.33. The van der Waals surface area contributed by atoms with Gasteiger partial charge in [0, 0.05) is 31.7 Å². The molecule has 0 amide bonds. The second-order valence-corrected chi connectivity index (χ2v) is 7.07. The lowest BCUT2D eigenvalue weighted by Crippen LogP contribution is -2.56. The van der Waals surface area contributed by atoms with E-state index in [2.05, 4.69) is 23.4 Å². The zero-order valence-corrected chi connectivity index (χ0v) is 13.0. The minimum Gasteiger partial charge on any atom is -0.311 e. The Labute approximate surface area is 117 Å². The summed E-state index contributed by atoms with van der Waals surface area (Å²) in [5.74, 6) is 2.26. The molecule has 1 heterocycles. The van der Waals surface area contributed by atoms with Gasteiger partial charge in [0.25, 0.3) is 0 Å². The molecule has 2 aliphatic rings. The average Bonchev–Trinajstić information content (AvgIpc) is 2.46.